The van der Waals surface area contributed by atoms with Crippen LogP contribution in [0.25, 0.3) is 0 Å². The Morgan fingerprint density at radius 3 is 2.17 bits per heavy atom. The molecule has 0 amide bonds. The number of nitrogens with zero attached hydrogens (tertiary/aromatic N) is 2. The first-order chi connectivity index (χ1) is 18.9. The van der Waals surface area contributed by atoms with Gasteiger partial charge in [0.05, 0.1) is 17.7 Å². The molecule has 0 aliphatic carbocycles. The zero-order valence-electron chi connectivity index (χ0n) is 22.6. The fourth-order valence-electron chi connectivity index (χ4n) is 5.18. The molecule has 0 aromatic heterocycles. The van der Waals surface area contributed by atoms with Crippen LogP contribution in [0.4, 0.5) is 13.2 Å². The van der Waals surface area contributed by atoms with Crippen molar-refractivity contribution in [1.29, 1.82) is 0 Å². The van der Waals surface area contributed by atoms with Gasteiger partial charge in [-0.15, -0.1) is 35.3 Å². The van der Waals surface area contributed by atoms with E-state index in [0.29, 0.717) is 18.6 Å². The van der Waals surface area contributed by atoms with E-state index >= 15 is 0 Å². The molecule has 3 aromatic rings. The van der Waals surface area contributed by atoms with Crippen LogP contribution >= 0.6 is 35.3 Å². The van der Waals surface area contributed by atoms with E-state index in [4.69, 9.17) is 4.74 Å². The predicted octanol–water partition coefficient (Wildman–Crippen LogP) is 7.20. The van der Waals surface area contributed by atoms with Crippen LogP contribution in [0, 0.1) is 0 Å². The highest BCUT2D eigenvalue weighted by Crippen LogP contribution is 2.46. The number of benzene rings is 3. The number of alkyl halides is 3. The first-order valence-corrected chi connectivity index (χ1v) is 14.7. The summed E-state index contributed by atoms with van der Waals surface area (Å²) < 4.78 is 45.4. The standard InChI is InChI=1S/C31H33F3N2O2S.2ClH/c32-31(33,34)27-12-13-29-26(23-27)22-25-10-4-5-11-28(25)39(29)21-7-15-36-18-16-35(17-19-36)14-6-20-38-30(37)24-8-2-1-3-9-24;;/h1-5,8-13,21,23H,6-7,14-20,22H2;2*1H. The van der Waals surface area contributed by atoms with Crippen molar-refractivity contribution in [2.24, 2.45) is 0 Å². The highest BCUT2D eigenvalue weighted by atomic mass is 35.5. The van der Waals surface area contributed by atoms with Gasteiger partial charge in [-0.05, 0) is 66.8 Å². The number of hydrogen-bond acceptors (Lipinski definition) is 4. The Bertz CT molecular complexity index is 1330. The summed E-state index contributed by atoms with van der Waals surface area (Å²) in [4.78, 5) is 19.2. The lowest BCUT2D eigenvalue weighted by Crippen LogP contribution is -2.46. The molecule has 5 rings (SSSR count). The van der Waals surface area contributed by atoms with Crippen molar-refractivity contribution in [1.82, 2.24) is 9.80 Å². The Morgan fingerprint density at radius 2 is 1.46 bits per heavy atom. The fourth-order valence-corrected chi connectivity index (χ4v) is 7.39. The van der Waals surface area contributed by atoms with Gasteiger partial charge in [0, 0.05) is 49.1 Å². The zero-order valence-corrected chi connectivity index (χ0v) is 25.1. The van der Waals surface area contributed by atoms with Crippen LogP contribution in [0.3, 0.4) is 0 Å². The first kappa shape index (κ1) is 33.1. The van der Waals surface area contributed by atoms with Crippen molar-refractivity contribution >= 4 is 46.6 Å². The summed E-state index contributed by atoms with van der Waals surface area (Å²) in [6.45, 7) is 6.16. The Hall–Kier alpha value is -2.36. The minimum Gasteiger partial charge on any atom is -0.462 e. The molecule has 1 unspecified atom stereocenters. The summed E-state index contributed by atoms with van der Waals surface area (Å²) in [5.74, 6) is -0.276. The lowest BCUT2D eigenvalue weighted by atomic mass is 10.0. The number of rotatable bonds is 8. The summed E-state index contributed by atoms with van der Waals surface area (Å²) in [5, 5.41) is 2.30. The SMILES string of the molecule is Cl.Cl.O=C(OCCCN1CCN(CCC=S2c3ccccc3Cc3cc(C(F)(F)F)ccc32)CC1)c1ccccc1. The Kier molecular flexibility index (Phi) is 12.3. The number of carbonyl (C=O) groups is 1. The molecule has 0 spiro atoms. The maximum absolute atomic E-state index is 13.3. The molecule has 0 N–H and O–H groups in total. The highest BCUT2D eigenvalue weighted by molar-refractivity contribution is 8.15. The molecule has 0 radical (unpaired) electrons. The van der Waals surface area contributed by atoms with Crippen molar-refractivity contribution < 1.29 is 22.7 Å². The van der Waals surface area contributed by atoms with Crippen LogP contribution in [0.5, 0.6) is 0 Å². The number of carbonyl (C=O) groups excluding carboxylic acids is 1. The van der Waals surface area contributed by atoms with Crippen molar-refractivity contribution in [2.45, 2.75) is 35.2 Å². The molecule has 2 aliphatic heterocycles. The lowest BCUT2D eigenvalue weighted by molar-refractivity contribution is -0.137. The molecular weight excluding hydrogens is 592 g/mol. The van der Waals surface area contributed by atoms with Crippen LogP contribution < -0.4 is 0 Å². The molecule has 2 heterocycles. The molecule has 0 bridgehead atoms. The van der Waals surface area contributed by atoms with Gasteiger partial charge in [0.1, 0.15) is 0 Å². The quantitative estimate of drug-likeness (QED) is 0.118. The van der Waals surface area contributed by atoms with Crippen molar-refractivity contribution in [3.05, 3.63) is 95.1 Å². The highest BCUT2D eigenvalue weighted by Gasteiger charge is 2.32. The van der Waals surface area contributed by atoms with Gasteiger partial charge in [-0.1, -0.05) is 41.8 Å². The molecular formula is C31H35Cl2F3N2O2S. The third-order valence-electron chi connectivity index (χ3n) is 7.27. The maximum Gasteiger partial charge on any atom is 0.416 e. The van der Waals surface area contributed by atoms with Crippen molar-refractivity contribution in [3.8, 4) is 0 Å². The smallest absolute Gasteiger partial charge is 0.416 e. The minimum atomic E-state index is -4.33. The number of hydrogen-bond donors (Lipinski definition) is 0. The third kappa shape index (κ3) is 8.58. The fraction of sp³-hybridized carbons (Fsp3) is 0.355. The summed E-state index contributed by atoms with van der Waals surface area (Å²) >= 11 is 0. The largest absolute Gasteiger partial charge is 0.462 e. The van der Waals surface area contributed by atoms with Gasteiger partial charge in [-0.2, -0.15) is 13.2 Å². The monoisotopic (exact) mass is 626 g/mol. The number of ether oxygens (including phenoxy) is 1. The van der Waals surface area contributed by atoms with Crippen LogP contribution in [-0.4, -0.2) is 67.0 Å². The summed E-state index contributed by atoms with van der Waals surface area (Å²) in [7, 11) is -0.335. The third-order valence-corrected chi connectivity index (χ3v) is 9.58. The van der Waals surface area contributed by atoms with Gasteiger partial charge in [-0.3, -0.25) is 0 Å². The zero-order chi connectivity index (χ0) is 27.2. The van der Waals surface area contributed by atoms with Gasteiger partial charge < -0.3 is 14.5 Å². The van der Waals surface area contributed by atoms with Gasteiger partial charge in [0.25, 0.3) is 0 Å². The lowest BCUT2D eigenvalue weighted by Gasteiger charge is -2.34. The van der Waals surface area contributed by atoms with E-state index in [1.807, 2.05) is 36.4 Å². The molecule has 10 heteroatoms. The minimum absolute atomic E-state index is 0. The summed E-state index contributed by atoms with van der Waals surface area (Å²) in [5.41, 5.74) is 1.91. The van der Waals surface area contributed by atoms with E-state index in [9.17, 15) is 18.0 Å². The maximum atomic E-state index is 13.3. The molecule has 4 nitrogen and oxygen atoms in total. The van der Waals surface area contributed by atoms with E-state index in [2.05, 4.69) is 21.2 Å². The Morgan fingerprint density at radius 1 is 0.829 bits per heavy atom. The molecule has 2 aliphatic rings. The molecule has 0 saturated carbocycles. The van der Waals surface area contributed by atoms with Gasteiger partial charge >= 0.3 is 12.1 Å². The second-order valence-electron chi connectivity index (χ2n) is 9.94. The van der Waals surface area contributed by atoms with Crippen molar-refractivity contribution in [2.75, 3.05) is 45.9 Å². The molecule has 1 fully saturated rings. The Labute approximate surface area is 254 Å². The number of piperazine rings is 1. The van der Waals surface area contributed by atoms with Crippen LogP contribution in [-0.2, 0) is 17.3 Å². The normalized spacial score (nSPS) is 17.1. The topological polar surface area (TPSA) is 32.8 Å². The summed E-state index contributed by atoms with van der Waals surface area (Å²) in [6, 6.07) is 21.4. The molecule has 1 saturated heterocycles. The first-order valence-electron chi connectivity index (χ1n) is 13.4. The van der Waals surface area contributed by atoms with Crippen LogP contribution in [0.1, 0.15) is 39.9 Å². The second kappa shape index (κ2) is 15.2. The van der Waals surface area contributed by atoms with E-state index in [1.165, 1.54) is 17.0 Å². The predicted molar refractivity (Wildman–Crippen MR) is 164 cm³/mol. The molecule has 222 valence electrons. The average Bonchev–Trinajstić information content (AvgIpc) is 2.95. The number of esters is 1. The molecule has 1 atom stereocenters. The second-order valence-corrected chi connectivity index (χ2v) is 11.8. The molecule has 41 heavy (non-hydrogen) atoms. The van der Waals surface area contributed by atoms with Crippen LogP contribution in [0.15, 0.2) is 82.6 Å². The Balaban J connectivity index is 0.00000231. The van der Waals surface area contributed by atoms with Gasteiger partial charge in [-0.25, -0.2) is 4.79 Å². The van der Waals surface area contributed by atoms with E-state index in [1.54, 1.807) is 18.2 Å². The van der Waals surface area contributed by atoms with Gasteiger partial charge in [0.15, 0.2) is 0 Å². The average molecular weight is 628 g/mol. The summed E-state index contributed by atoms with van der Waals surface area (Å²) in [6.07, 6.45) is -2.10. The van der Waals surface area contributed by atoms with E-state index < -0.39 is 11.7 Å². The number of fused-ring (bicyclic) bond motifs is 2. The van der Waals surface area contributed by atoms with E-state index in [0.717, 1.165) is 68.1 Å². The van der Waals surface area contributed by atoms with Gasteiger partial charge in [0.2, 0.25) is 0 Å². The van der Waals surface area contributed by atoms with Crippen LogP contribution in [0.2, 0.25) is 0 Å². The van der Waals surface area contributed by atoms with Crippen molar-refractivity contribution in [3.63, 3.8) is 0 Å². The molecule has 3 aromatic carbocycles. The number of halogens is 5. The van der Waals surface area contributed by atoms with E-state index in [-0.39, 0.29) is 41.3 Å².